The van der Waals surface area contributed by atoms with E-state index in [9.17, 15) is 19.1 Å². The zero-order chi connectivity index (χ0) is 15.0. The number of nitrogens with zero attached hydrogens (tertiary/aromatic N) is 1. The zero-order valence-electron chi connectivity index (χ0n) is 12.5. The normalized spacial score (nSPS) is 16.7. The number of furan rings is 1. The van der Waals surface area contributed by atoms with Crippen LogP contribution in [0.15, 0.2) is 34.7 Å². The molecule has 5 nitrogen and oxygen atoms in total. The Labute approximate surface area is 219 Å². The van der Waals surface area contributed by atoms with Gasteiger partial charge in [-0.3, -0.25) is 0 Å². The average Bonchev–Trinajstić information content (AvgIpc) is 2.97. The molecule has 2 heterocycles. The quantitative estimate of drug-likeness (QED) is 0.400. The van der Waals surface area contributed by atoms with Gasteiger partial charge in [0.05, 0.1) is 5.91 Å². The van der Waals surface area contributed by atoms with Gasteiger partial charge in [-0.1, -0.05) is 5.75 Å². The SMILES string of the molecule is O=C1C/S(=C\c2ccc(-c3ccc(F)cc3[O-])o2)C(=O)[N-]1.[K+].[K+]. The molecule has 0 saturated carbocycles. The van der Waals surface area contributed by atoms with Gasteiger partial charge in [0.25, 0.3) is 0 Å². The van der Waals surface area contributed by atoms with E-state index >= 15 is 0 Å². The number of hydrogen-bond acceptors (Lipinski definition) is 4. The molecule has 1 saturated heterocycles. The Morgan fingerprint density at radius 3 is 2.57 bits per heavy atom. The molecule has 0 N–H and O–H groups in total. The van der Waals surface area contributed by atoms with Crippen LogP contribution in [0.5, 0.6) is 5.75 Å². The van der Waals surface area contributed by atoms with Gasteiger partial charge in [-0.25, -0.2) is 4.39 Å². The van der Waals surface area contributed by atoms with Crippen molar-refractivity contribution in [1.82, 2.24) is 0 Å². The van der Waals surface area contributed by atoms with Crippen molar-refractivity contribution in [2.45, 2.75) is 0 Å². The van der Waals surface area contributed by atoms with Gasteiger partial charge < -0.3 is 24.4 Å². The molecule has 3 rings (SSSR count). The van der Waals surface area contributed by atoms with Crippen molar-refractivity contribution in [2.24, 2.45) is 0 Å². The summed E-state index contributed by atoms with van der Waals surface area (Å²) >= 11 is 0. The van der Waals surface area contributed by atoms with Crippen molar-refractivity contribution in [3.63, 3.8) is 0 Å². The minimum Gasteiger partial charge on any atom is -0.872 e. The van der Waals surface area contributed by atoms with Crippen molar-refractivity contribution in [1.29, 1.82) is 0 Å². The maximum Gasteiger partial charge on any atom is 1.00 e. The molecule has 1 aliphatic rings. The van der Waals surface area contributed by atoms with Gasteiger partial charge in [0, 0.05) is 16.7 Å². The second kappa shape index (κ2) is 9.53. The van der Waals surface area contributed by atoms with E-state index in [0.717, 1.165) is 6.07 Å². The first kappa shape index (κ1) is 21.9. The standard InChI is InChI=1S/C14H10FNO4S.2K/c15-8-1-3-10(11(17)5-8)12-4-2-9(20-12)6-21-7-13(18)16-14(21)19;;/h1-6H,7H2,(H2,16,17,18,19);;/q;2*+1/p-2. The molecule has 1 aliphatic heterocycles. The minimum absolute atomic E-state index is 0. The van der Waals surface area contributed by atoms with E-state index in [-0.39, 0.29) is 120 Å². The molecule has 1 fully saturated rings. The first-order valence-electron chi connectivity index (χ1n) is 5.93. The number of carbonyl (C=O) groups excluding carboxylic acids is 2. The van der Waals surface area contributed by atoms with Gasteiger partial charge in [-0.15, -0.1) is 10.5 Å². The first-order chi connectivity index (χ1) is 10.0. The number of hydrogen-bond donors (Lipinski definition) is 0. The molecule has 1 aromatic heterocycles. The van der Waals surface area contributed by atoms with E-state index in [0.29, 0.717) is 5.76 Å². The molecule has 2 aromatic rings. The predicted octanol–water partition coefficient (Wildman–Crippen LogP) is -3.38. The summed E-state index contributed by atoms with van der Waals surface area (Å²) in [7, 11) is -0.917. The Bertz CT molecular complexity index is 791. The van der Waals surface area contributed by atoms with Gasteiger partial charge in [0.15, 0.2) is 0 Å². The van der Waals surface area contributed by atoms with E-state index in [2.05, 4.69) is 5.32 Å². The number of halogens is 1. The van der Waals surface area contributed by atoms with Gasteiger partial charge in [0.2, 0.25) is 0 Å². The van der Waals surface area contributed by atoms with Crippen LogP contribution in [-0.4, -0.2) is 22.3 Å². The topological polar surface area (TPSA) is 84.4 Å². The van der Waals surface area contributed by atoms with Gasteiger partial charge >= 0.3 is 103 Å². The third-order valence-corrected chi connectivity index (χ3v) is 4.43. The molecule has 1 unspecified atom stereocenters. The molecule has 0 bridgehead atoms. The van der Waals surface area contributed by atoms with Crippen molar-refractivity contribution >= 4 is 27.0 Å². The average molecular weight is 383 g/mol. The fourth-order valence-electron chi connectivity index (χ4n) is 1.88. The number of rotatable bonds is 2. The van der Waals surface area contributed by atoms with Crippen LogP contribution >= 0.6 is 10.5 Å². The molecule has 0 radical (unpaired) electrons. The Hall–Kier alpha value is 0.863. The second-order valence-corrected chi connectivity index (χ2v) is 6.04. The molecule has 23 heavy (non-hydrogen) atoms. The van der Waals surface area contributed by atoms with Crippen LogP contribution in [0.1, 0.15) is 5.76 Å². The number of carbonyl (C=O) groups is 2. The van der Waals surface area contributed by atoms with E-state index in [4.69, 9.17) is 4.42 Å². The van der Waals surface area contributed by atoms with Crippen LogP contribution in [0.2, 0.25) is 0 Å². The fraction of sp³-hybridized carbons (Fsp3) is 0.0714. The summed E-state index contributed by atoms with van der Waals surface area (Å²) in [5, 5.41) is 16.0. The third kappa shape index (κ3) is 5.42. The Morgan fingerprint density at radius 2 is 1.96 bits per heavy atom. The molecular formula is C14H8FK2NO4S. The molecule has 0 spiro atoms. The van der Waals surface area contributed by atoms with Crippen LogP contribution in [-0.2, 0) is 4.79 Å². The smallest absolute Gasteiger partial charge is 0.872 e. The predicted molar refractivity (Wildman–Crippen MR) is 74.9 cm³/mol. The van der Waals surface area contributed by atoms with Crippen molar-refractivity contribution in [3.05, 3.63) is 47.2 Å². The number of benzene rings is 1. The fourth-order valence-corrected chi connectivity index (χ4v) is 3.14. The summed E-state index contributed by atoms with van der Waals surface area (Å²) in [6, 6.07) is 6.52. The van der Waals surface area contributed by atoms with Crippen molar-refractivity contribution < 1.29 is 126 Å². The molecule has 1 aromatic carbocycles. The van der Waals surface area contributed by atoms with Crippen LogP contribution in [0.4, 0.5) is 9.18 Å². The second-order valence-electron chi connectivity index (χ2n) is 4.30. The van der Waals surface area contributed by atoms with E-state index in [1.807, 2.05) is 0 Å². The van der Waals surface area contributed by atoms with Gasteiger partial charge in [0.1, 0.15) is 22.6 Å². The minimum atomic E-state index is -0.917. The number of imide groups is 1. The largest absolute Gasteiger partial charge is 1.00 e. The summed E-state index contributed by atoms with van der Waals surface area (Å²) in [6.07, 6.45) is 0. The molecule has 108 valence electrons. The van der Waals surface area contributed by atoms with Crippen molar-refractivity contribution in [3.8, 4) is 17.1 Å². The van der Waals surface area contributed by atoms with Gasteiger partial charge in [-0.05, 0) is 30.3 Å². The monoisotopic (exact) mass is 383 g/mol. The van der Waals surface area contributed by atoms with Crippen LogP contribution in [0.3, 0.4) is 0 Å². The van der Waals surface area contributed by atoms with E-state index < -0.39 is 33.2 Å². The third-order valence-electron chi connectivity index (χ3n) is 2.81. The van der Waals surface area contributed by atoms with E-state index in [1.165, 1.54) is 17.5 Å². The van der Waals surface area contributed by atoms with Crippen LogP contribution in [0.25, 0.3) is 16.6 Å². The van der Waals surface area contributed by atoms with Crippen LogP contribution < -0.4 is 108 Å². The summed E-state index contributed by atoms with van der Waals surface area (Å²) in [5.41, 5.74) is 0.234. The van der Waals surface area contributed by atoms with Gasteiger partial charge in [-0.2, -0.15) is 0 Å². The summed E-state index contributed by atoms with van der Waals surface area (Å²) in [6.45, 7) is 0. The summed E-state index contributed by atoms with van der Waals surface area (Å²) in [5.74, 6) is -0.828. The Morgan fingerprint density at radius 1 is 1.22 bits per heavy atom. The van der Waals surface area contributed by atoms with E-state index in [1.54, 1.807) is 12.1 Å². The maximum absolute atomic E-state index is 12.9. The Balaban J connectivity index is 0.00000132. The van der Waals surface area contributed by atoms with Crippen LogP contribution in [0, 0.1) is 5.82 Å². The molecule has 0 aliphatic carbocycles. The molecular weight excluding hydrogens is 375 g/mol. The Kier molecular flexibility index (Phi) is 9.08. The molecule has 1 atom stereocenters. The number of amides is 2. The zero-order valence-corrected chi connectivity index (χ0v) is 19.6. The first-order valence-corrected chi connectivity index (χ1v) is 7.38. The molecule has 2 amide bonds. The van der Waals surface area contributed by atoms with Crippen molar-refractivity contribution in [2.75, 3.05) is 5.75 Å². The summed E-state index contributed by atoms with van der Waals surface area (Å²) < 4.78 is 18.4. The maximum atomic E-state index is 12.9. The summed E-state index contributed by atoms with van der Waals surface area (Å²) in [4.78, 5) is 22.5. The molecule has 9 heteroatoms.